The monoisotopic (exact) mass is 297 g/mol. The van der Waals surface area contributed by atoms with Gasteiger partial charge in [0.25, 0.3) is 0 Å². The van der Waals surface area contributed by atoms with Gasteiger partial charge >= 0.3 is 0 Å². The topological polar surface area (TPSA) is 69.4 Å². The van der Waals surface area contributed by atoms with Gasteiger partial charge in [0.2, 0.25) is 5.91 Å². The second-order valence-corrected chi connectivity index (χ2v) is 5.09. The third-order valence-corrected chi connectivity index (χ3v) is 3.51. The molecule has 0 bridgehead atoms. The number of rotatable bonds is 7. The maximum Gasteiger partial charge on any atom is 0.248 e. The van der Waals surface area contributed by atoms with Gasteiger partial charge in [-0.3, -0.25) is 9.59 Å². The van der Waals surface area contributed by atoms with Crippen molar-refractivity contribution in [3.05, 3.63) is 65.2 Å². The molecular formula is C18H19NO3. The predicted molar refractivity (Wildman–Crippen MR) is 85.0 cm³/mol. The molecule has 1 amide bonds. The van der Waals surface area contributed by atoms with Crippen LogP contribution in [-0.4, -0.2) is 18.8 Å². The number of hydrogen-bond donors (Lipinski definition) is 1. The number of ketones is 1. The molecule has 0 aliphatic heterocycles. The number of nitrogens with two attached hydrogens (primary N) is 1. The van der Waals surface area contributed by atoms with Gasteiger partial charge in [0.05, 0.1) is 7.11 Å². The summed E-state index contributed by atoms with van der Waals surface area (Å²) in [4.78, 5) is 23.1. The van der Waals surface area contributed by atoms with Gasteiger partial charge in [-0.25, -0.2) is 0 Å². The Hall–Kier alpha value is -2.62. The van der Waals surface area contributed by atoms with Gasteiger partial charge in [-0.15, -0.1) is 0 Å². The van der Waals surface area contributed by atoms with Crippen molar-refractivity contribution in [2.24, 2.45) is 5.73 Å². The molecule has 0 saturated heterocycles. The highest BCUT2D eigenvalue weighted by Crippen LogP contribution is 2.18. The Morgan fingerprint density at radius 3 is 2.36 bits per heavy atom. The molecule has 22 heavy (non-hydrogen) atoms. The van der Waals surface area contributed by atoms with Crippen molar-refractivity contribution in [3.8, 4) is 5.75 Å². The molecule has 2 rings (SSSR count). The van der Waals surface area contributed by atoms with E-state index >= 15 is 0 Å². The SMILES string of the molecule is COc1ccccc1CC(=O)CCc1ccc(C(N)=O)cc1. The maximum absolute atomic E-state index is 12.1. The summed E-state index contributed by atoms with van der Waals surface area (Å²) in [6.07, 6.45) is 1.46. The van der Waals surface area contributed by atoms with E-state index in [2.05, 4.69) is 0 Å². The zero-order valence-corrected chi connectivity index (χ0v) is 12.5. The Bertz CT molecular complexity index is 662. The number of primary amides is 1. The normalized spacial score (nSPS) is 10.2. The number of carbonyl (C=O) groups excluding carboxylic acids is 2. The van der Waals surface area contributed by atoms with Crippen molar-refractivity contribution in [2.45, 2.75) is 19.3 Å². The van der Waals surface area contributed by atoms with Gasteiger partial charge in [0.15, 0.2) is 0 Å². The van der Waals surface area contributed by atoms with Gasteiger partial charge in [-0.2, -0.15) is 0 Å². The number of amides is 1. The Morgan fingerprint density at radius 2 is 1.73 bits per heavy atom. The smallest absolute Gasteiger partial charge is 0.248 e. The number of benzene rings is 2. The van der Waals surface area contributed by atoms with Gasteiger partial charge < -0.3 is 10.5 Å². The van der Waals surface area contributed by atoms with E-state index in [1.807, 2.05) is 36.4 Å². The summed E-state index contributed by atoms with van der Waals surface area (Å²) in [5.41, 5.74) is 7.58. The first-order chi connectivity index (χ1) is 10.6. The molecule has 0 spiro atoms. The second kappa shape index (κ2) is 7.41. The van der Waals surface area contributed by atoms with Crippen molar-refractivity contribution in [1.29, 1.82) is 0 Å². The number of hydrogen-bond acceptors (Lipinski definition) is 3. The average molecular weight is 297 g/mol. The van der Waals surface area contributed by atoms with Crippen LogP contribution in [0.1, 0.15) is 27.9 Å². The molecule has 0 aromatic heterocycles. The maximum atomic E-state index is 12.1. The fourth-order valence-corrected chi connectivity index (χ4v) is 2.27. The van der Waals surface area contributed by atoms with Crippen LogP contribution in [-0.2, 0) is 17.6 Å². The van der Waals surface area contributed by atoms with Crippen molar-refractivity contribution in [1.82, 2.24) is 0 Å². The number of aryl methyl sites for hydroxylation is 1. The highest BCUT2D eigenvalue weighted by Gasteiger charge is 2.09. The first-order valence-electron chi connectivity index (χ1n) is 7.12. The van der Waals surface area contributed by atoms with Crippen molar-refractivity contribution in [3.63, 3.8) is 0 Å². The Morgan fingerprint density at radius 1 is 1.05 bits per heavy atom. The lowest BCUT2D eigenvalue weighted by Crippen LogP contribution is -2.10. The van der Waals surface area contributed by atoms with E-state index in [0.717, 1.165) is 16.9 Å². The summed E-state index contributed by atoms with van der Waals surface area (Å²) in [7, 11) is 1.60. The first kappa shape index (κ1) is 15.8. The van der Waals surface area contributed by atoms with E-state index in [9.17, 15) is 9.59 Å². The fraction of sp³-hybridized carbons (Fsp3) is 0.222. The molecule has 0 aliphatic carbocycles. The van der Waals surface area contributed by atoms with Gasteiger partial charge in [0.1, 0.15) is 11.5 Å². The summed E-state index contributed by atoms with van der Waals surface area (Å²) in [5, 5.41) is 0. The zero-order chi connectivity index (χ0) is 15.9. The van der Waals surface area contributed by atoms with Crippen LogP contribution in [0.4, 0.5) is 0 Å². The van der Waals surface area contributed by atoms with Gasteiger partial charge in [0, 0.05) is 24.0 Å². The molecule has 2 N–H and O–H groups in total. The molecule has 0 heterocycles. The van der Waals surface area contributed by atoms with Crippen molar-refractivity contribution in [2.75, 3.05) is 7.11 Å². The van der Waals surface area contributed by atoms with Crippen LogP contribution in [0, 0.1) is 0 Å². The third-order valence-electron chi connectivity index (χ3n) is 3.51. The Balaban J connectivity index is 1.91. The van der Waals surface area contributed by atoms with E-state index in [1.54, 1.807) is 19.2 Å². The zero-order valence-electron chi connectivity index (χ0n) is 12.5. The Kier molecular flexibility index (Phi) is 5.31. The van der Waals surface area contributed by atoms with Crippen LogP contribution in [0.15, 0.2) is 48.5 Å². The molecule has 0 aliphatic rings. The van der Waals surface area contributed by atoms with Crippen molar-refractivity contribution >= 4 is 11.7 Å². The van der Waals surface area contributed by atoms with Gasteiger partial charge in [-0.05, 0) is 30.2 Å². The predicted octanol–water partition coefficient (Wildman–Crippen LogP) is 2.54. The lowest BCUT2D eigenvalue weighted by Gasteiger charge is -2.07. The molecule has 0 saturated carbocycles. The molecule has 2 aromatic rings. The van der Waals surface area contributed by atoms with E-state index in [-0.39, 0.29) is 5.78 Å². The lowest BCUT2D eigenvalue weighted by molar-refractivity contribution is -0.118. The molecule has 0 radical (unpaired) electrons. The summed E-state index contributed by atoms with van der Waals surface area (Å²) in [6.45, 7) is 0. The second-order valence-electron chi connectivity index (χ2n) is 5.09. The largest absolute Gasteiger partial charge is 0.496 e. The van der Waals surface area contributed by atoms with E-state index in [1.165, 1.54) is 0 Å². The number of ether oxygens (including phenoxy) is 1. The van der Waals surface area contributed by atoms with Crippen molar-refractivity contribution < 1.29 is 14.3 Å². The van der Waals surface area contributed by atoms with Crippen LogP contribution in [0.2, 0.25) is 0 Å². The molecule has 0 unspecified atom stereocenters. The van der Waals surface area contributed by atoms with E-state index in [4.69, 9.17) is 10.5 Å². The molecule has 0 fully saturated rings. The van der Waals surface area contributed by atoms with Crippen LogP contribution in [0.3, 0.4) is 0 Å². The summed E-state index contributed by atoms with van der Waals surface area (Å²) < 4.78 is 5.25. The standard InChI is InChI=1S/C18H19NO3/c1-22-17-5-3-2-4-15(17)12-16(20)11-8-13-6-9-14(10-7-13)18(19)21/h2-7,9-10H,8,11-12H2,1H3,(H2,19,21). The summed E-state index contributed by atoms with van der Waals surface area (Å²) in [5.74, 6) is 0.448. The van der Waals surface area contributed by atoms with Gasteiger partial charge in [-0.1, -0.05) is 30.3 Å². The molecular weight excluding hydrogens is 278 g/mol. The van der Waals surface area contributed by atoms with Crippen LogP contribution in [0.25, 0.3) is 0 Å². The number of Topliss-reactive ketones (excluding diaryl/α,β-unsaturated/α-hetero) is 1. The van der Waals surface area contributed by atoms with E-state index < -0.39 is 5.91 Å². The minimum Gasteiger partial charge on any atom is -0.496 e. The van der Waals surface area contributed by atoms with Crippen LogP contribution >= 0.6 is 0 Å². The molecule has 0 atom stereocenters. The number of para-hydroxylation sites is 1. The molecule has 2 aromatic carbocycles. The molecule has 114 valence electrons. The fourth-order valence-electron chi connectivity index (χ4n) is 2.27. The highest BCUT2D eigenvalue weighted by molar-refractivity contribution is 5.92. The average Bonchev–Trinajstić information content (AvgIpc) is 2.54. The highest BCUT2D eigenvalue weighted by atomic mass is 16.5. The minimum atomic E-state index is -0.446. The van der Waals surface area contributed by atoms with Crippen LogP contribution in [0.5, 0.6) is 5.75 Å². The van der Waals surface area contributed by atoms with E-state index in [0.29, 0.717) is 24.8 Å². The first-order valence-corrected chi connectivity index (χ1v) is 7.12. The minimum absolute atomic E-state index is 0.156. The third kappa shape index (κ3) is 4.19. The molecule has 4 nitrogen and oxygen atoms in total. The quantitative estimate of drug-likeness (QED) is 0.853. The van der Waals surface area contributed by atoms with Crippen LogP contribution < -0.4 is 10.5 Å². The summed E-state index contributed by atoms with van der Waals surface area (Å²) in [6, 6.07) is 14.6. The number of carbonyl (C=O) groups is 2. The lowest BCUT2D eigenvalue weighted by atomic mass is 10.0. The Labute approximate surface area is 129 Å². The molecule has 4 heteroatoms. The summed E-state index contributed by atoms with van der Waals surface area (Å²) >= 11 is 0. The number of methoxy groups -OCH3 is 1.